The number of ether oxygens (including phenoxy) is 1. The number of nitrogens with one attached hydrogen (secondary N) is 2. The van der Waals surface area contributed by atoms with Gasteiger partial charge in [-0.25, -0.2) is 0 Å². The van der Waals surface area contributed by atoms with Gasteiger partial charge in [0.05, 0.1) is 12.1 Å². The van der Waals surface area contributed by atoms with Crippen molar-refractivity contribution in [3.63, 3.8) is 0 Å². The summed E-state index contributed by atoms with van der Waals surface area (Å²) in [4.78, 5) is 22.8. The van der Waals surface area contributed by atoms with E-state index in [0.717, 1.165) is 30.6 Å². The number of carbonyl (C=O) groups is 2. The summed E-state index contributed by atoms with van der Waals surface area (Å²) in [6.45, 7) is 8.14. The second kappa shape index (κ2) is 10.7. The zero-order valence-electron chi connectivity index (χ0n) is 15.2. The highest BCUT2D eigenvalue weighted by atomic mass is 16.5. The summed E-state index contributed by atoms with van der Waals surface area (Å²) >= 11 is 0. The van der Waals surface area contributed by atoms with Gasteiger partial charge in [0.1, 0.15) is 5.75 Å². The van der Waals surface area contributed by atoms with Crippen LogP contribution in [0.5, 0.6) is 5.75 Å². The molecule has 0 saturated heterocycles. The smallest absolute Gasteiger partial charge is 0.220 e. The molecule has 134 valence electrons. The van der Waals surface area contributed by atoms with Crippen molar-refractivity contribution in [2.24, 2.45) is 0 Å². The fraction of sp³-hybridized carbons (Fsp3) is 0.579. The van der Waals surface area contributed by atoms with E-state index < -0.39 is 0 Å². The van der Waals surface area contributed by atoms with Crippen molar-refractivity contribution in [1.29, 1.82) is 0 Å². The average molecular weight is 334 g/mol. The molecular weight excluding hydrogens is 304 g/mol. The molecule has 1 aromatic rings. The number of unbranched alkanes of at least 4 members (excludes halogenated alkanes) is 2. The minimum atomic E-state index is -0.0485. The highest BCUT2D eigenvalue weighted by Crippen LogP contribution is 2.20. The largest absolute Gasteiger partial charge is 0.491 e. The van der Waals surface area contributed by atoms with E-state index in [2.05, 4.69) is 10.6 Å². The molecule has 2 amide bonds. The first-order valence-corrected chi connectivity index (χ1v) is 8.69. The number of amides is 2. The van der Waals surface area contributed by atoms with Crippen LogP contribution in [0.4, 0.5) is 0 Å². The molecule has 2 N–H and O–H groups in total. The van der Waals surface area contributed by atoms with Crippen molar-refractivity contribution in [3.05, 3.63) is 29.8 Å². The molecule has 0 saturated carbocycles. The second-order valence-corrected chi connectivity index (χ2v) is 6.32. The third kappa shape index (κ3) is 8.56. The fourth-order valence-electron chi connectivity index (χ4n) is 2.38. The van der Waals surface area contributed by atoms with Gasteiger partial charge in [-0.15, -0.1) is 0 Å². The van der Waals surface area contributed by atoms with Crippen LogP contribution < -0.4 is 15.4 Å². The van der Waals surface area contributed by atoms with Crippen LogP contribution in [0, 0.1) is 0 Å². The average Bonchev–Trinajstić information content (AvgIpc) is 2.50. The molecule has 5 nitrogen and oxygen atoms in total. The number of hydrogen-bond donors (Lipinski definition) is 2. The van der Waals surface area contributed by atoms with E-state index in [1.165, 1.54) is 6.92 Å². The monoisotopic (exact) mass is 334 g/mol. The van der Waals surface area contributed by atoms with Crippen molar-refractivity contribution < 1.29 is 14.3 Å². The van der Waals surface area contributed by atoms with E-state index in [1.54, 1.807) is 0 Å². The lowest BCUT2D eigenvalue weighted by molar-refractivity contribution is -0.122. The van der Waals surface area contributed by atoms with Gasteiger partial charge in [-0.2, -0.15) is 0 Å². The Bertz CT molecular complexity index is 529. The number of hydrogen-bond acceptors (Lipinski definition) is 3. The summed E-state index contributed by atoms with van der Waals surface area (Å²) in [6, 6.07) is 7.78. The lowest BCUT2D eigenvalue weighted by atomic mass is 10.1. The van der Waals surface area contributed by atoms with Gasteiger partial charge in [0.2, 0.25) is 11.8 Å². The molecule has 0 aromatic heterocycles. The van der Waals surface area contributed by atoms with Crippen LogP contribution in [0.25, 0.3) is 0 Å². The first-order chi connectivity index (χ1) is 11.4. The molecule has 5 heteroatoms. The minimum absolute atomic E-state index is 0.00903. The predicted molar refractivity (Wildman–Crippen MR) is 95.9 cm³/mol. The van der Waals surface area contributed by atoms with Gasteiger partial charge in [-0.3, -0.25) is 9.59 Å². The van der Waals surface area contributed by atoms with E-state index >= 15 is 0 Å². The molecule has 0 heterocycles. The molecule has 1 aromatic carbocycles. The molecular formula is C19H30N2O3. The Kier molecular flexibility index (Phi) is 8.90. The van der Waals surface area contributed by atoms with Gasteiger partial charge in [0, 0.05) is 19.9 Å². The van der Waals surface area contributed by atoms with Crippen molar-refractivity contribution in [1.82, 2.24) is 10.6 Å². The van der Waals surface area contributed by atoms with Crippen molar-refractivity contribution in [2.45, 2.75) is 65.5 Å². The molecule has 0 fully saturated rings. The standard InChI is InChI=1S/C19H30N2O3/c1-14(2)24-18-10-8-9-17(13-18)15(3)21-19(23)11-6-5-7-12-20-16(4)22/h8-10,13-15H,5-7,11-12H2,1-4H3,(H,20,22)(H,21,23)/t15-/m1/s1. The highest BCUT2D eigenvalue weighted by Gasteiger charge is 2.10. The van der Waals surface area contributed by atoms with Gasteiger partial charge in [-0.05, 0) is 51.3 Å². The summed E-state index contributed by atoms with van der Waals surface area (Å²) < 4.78 is 5.69. The summed E-state index contributed by atoms with van der Waals surface area (Å²) in [5.41, 5.74) is 1.03. The van der Waals surface area contributed by atoms with E-state index in [9.17, 15) is 9.59 Å². The molecule has 24 heavy (non-hydrogen) atoms. The van der Waals surface area contributed by atoms with Gasteiger partial charge in [0.25, 0.3) is 0 Å². The molecule has 1 atom stereocenters. The zero-order chi connectivity index (χ0) is 17.9. The lowest BCUT2D eigenvalue weighted by Gasteiger charge is -2.16. The normalized spacial score (nSPS) is 11.9. The Morgan fingerprint density at radius 2 is 1.88 bits per heavy atom. The molecule has 0 bridgehead atoms. The van der Waals surface area contributed by atoms with Crippen LogP contribution >= 0.6 is 0 Å². The Balaban J connectivity index is 2.32. The maximum absolute atomic E-state index is 12.0. The molecule has 0 aliphatic carbocycles. The molecule has 1 rings (SSSR count). The summed E-state index contributed by atoms with van der Waals surface area (Å²) in [6.07, 6.45) is 3.29. The van der Waals surface area contributed by atoms with E-state index in [4.69, 9.17) is 4.74 Å². The lowest BCUT2D eigenvalue weighted by Crippen LogP contribution is -2.26. The first-order valence-electron chi connectivity index (χ1n) is 8.69. The number of benzene rings is 1. The van der Waals surface area contributed by atoms with Crippen LogP contribution in [0.2, 0.25) is 0 Å². The maximum Gasteiger partial charge on any atom is 0.220 e. The quantitative estimate of drug-likeness (QED) is 0.645. The Morgan fingerprint density at radius 3 is 2.54 bits per heavy atom. The van der Waals surface area contributed by atoms with Crippen LogP contribution in [0.1, 0.15) is 65.0 Å². The minimum Gasteiger partial charge on any atom is -0.491 e. The van der Waals surface area contributed by atoms with E-state index in [1.807, 2.05) is 45.0 Å². The van der Waals surface area contributed by atoms with E-state index in [0.29, 0.717) is 13.0 Å². The van der Waals surface area contributed by atoms with Crippen molar-refractivity contribution >= 4 is 11.8 Å². The second-order valence-electron chi connectivity index (χ2n) is 6.32. The van der Waals surface area contributed by atoms with Gasteiger partial charge < -0.3 is 15.4 Å². The van der Waals surface area contributed by atoms with Crippen molar-refractivity contribution in [3.8, 4) is 5.75 Å². The molecule has 0 aliphatic heterocycles. The molecule has 0 aliphatic rings. The molecule has 0 spiro atoms. The summed E-state index contributed by atoms with van der Waals surface area (Å²) in [5, 5.41) is 5.78. The fourth-order valence-corrected chi connectivity index (χ4v) is 2.38. The van der Waals surface area contributed by atoms with Gasteiger partial charge in [-0.1, -0.05) is 18.6 Å². The molecule has 0 radical (unpaired) electrons. The van der Waals surface area contributed by atoms with E-state index in [-0.39, 0.29) is 24.0 Å². The maximum atomic E-state index is 12.0. The summed E-state index contributed by atoms with van der Waals surface area (Å²) in [5.74, 6) is 0.865. The third-order valence-electron chi connectivity index (χ3n) is 3.56. The van der Waals surface area contributed by atoms with Crippen LogP contribution in [0.15, 0.2) is 24.3 Å². The van der Waals surface area contributed by atoms with Crippen LogP contribution in [-0.2, 0) is 9.59 Å². The van der Waals surface area contributed by atoms with Crippen molar-refractivity contribution in [2.75, 3.05) is 6.54 Å². The van der Waals surface area contributed by atoms with Gasteiger partial charge >= 0.3 is 0 Å². The van der Waals surface area contributed by atoms with Crippen LogP contribution in [-0.4, -0.2) is 24.5 Å². The molecule has 0 unspecified atom stereocenters. The Morgan fingerprint density at radius 1 is 1.12 bits per heavy atom. The first kappa shape index (κ1) is 20.0. The zero-order valence-corrected chi connectivity index (χ0v) is 15.2. The van der Waals surface area contributed by atoms with Crippen LogP contribution in [0.3, 0.4) is 0 Å². The Hall–Kier alpha value is -2.04. The topological polar surface area (TPSA) is 67.4 Å². The predicted octanol–water partition coefficient (Wildman–Crippen LogP) is 3.35. The number of carbonyl (C=O) groups excluding carboxylic acids is 2. The number of rotatable bonds is 10. The summed E-state index contributed by atoms with van der Waals surface area (Å²) in [7, 11) is 0. The van der Waals surface area contributed by atoms with Gasteiger partial charge in [0.15, 0.2) is 0 Å². The third-order valence-corrected chi connectivity index (χ3v) is 3.56. The highest BCUT2D eigenvalue weighted by molar-refractivity contribution is 5.76. The Labute approximate surface area is 145 Å². The SMILES string of the molecule is CC(=O)NCCCCCC(=O)N[C@H](C)c1cccc(OC(C)C)c1.